The van der Waals surface area contributed by atoms with Crippen molar-refractivity contribution in [3.63, 3.8) is 0 Å². The lowest BCUT2D eigenvalue weighted by Gasteiger charge is -2.09. The molecule has 0 saturated carbocycles. The number of nitrogens with zero attached hydrogens (tertiary/aromatic N) is 2. The van der Waals surface area contributed by atoms with E-state index in [-0.39, 0.29) is 11.4 Å². The average Bonchev–Trinajstić information content (AvgIpc) is 2.74. The van der Waals surface area contributed by atoms with E-state index >= 15 is 0 Å². The van der Waals surface area contributed by atoms with Crippen molar-refractivity contribution < 1.29 is 13.5 Å². The first-order chi connectivity index (χ1) is 10.0. The molecule has 0 aliphatic carbocycles. The molecule has 0 radical (unpaired) electrons. The van der Waals surface area contributed by atoms with Crippen molar-refractivity contribution >= 4 is 16.8 Å². The molecule has 108 valence electrons. The van der Waals surface area contributed by atoms with Crippen molar-refractivity contribution in [3.05, 3.63) is 40.8 Å². The molecule has 0 fully saturated rings. The summed E-state index contributed by atoms with van der Waals surface area (Å²) in [4.78, 5) is 15.3. The number of nitrogen functional groups attached to an aromatic ring is 1. The van der Waals surface area contributed by atoms with Gasteiger partial charge in [0.2, 0.25) is 0 Å². The Kier molecular flexibility index (Phi) is 2.90. The largest absolute Gasteiger partial charge is 0.479 e. The topological polar surface area (TPSA) is 83.3 Å². The van der Waals surface area contributed by atoms with Gasteiger partial charge >= 0.3 is 5.76 Å². The number of aryl methyl sites for hydroxylation is 1. The highest BCUT2D eigenvalue weighted by Gasteiger charge is 2.16. The van der Waals surface area contributed by atoms with E-state index in [1.54, 1.807) is 13.1 Å². The van der Waals surface area contributed by atoms with E-state index < -0.39 is 11.6 Å². The lowest BCUT2D eigenvalue weighted by Crippen LogP contribution is -2.08. The van der Waals surface area contributed by atoms with Crippen molar-refractivity contribution in [2.75, 3.05) is 12.8 Å². The highest BCUT2D eigenvalue weighted by molar-refractivity contribution is 5.89. The zero-order valence-electron chi connectivity index (χ0n) is 11.4. The smallest absolute Gasteiger partial charge is 0.419 e. The number of nitrogens with two attached hydrogens (primary N) is 1. The number of anilines is 1. The minimum Gasteiger partial charge on any atom is -0.479 e. The molecule has 2 N–H and O–H groups in total. The van der Waals surface area contributed by atoms with Gasteiger partial charge in [0.25, 0.3) is 5.88 Å². The Morgan fingerprint density at radius 1 is 1.38 bits per heavy atom. The molecule has 0 aliphatic rings. The first kappa shape index (κ1) is 13.2. The van der Waals surface area contributed by atoms with Gasteiger partial charge in [-0.2, -0.15) is 0 Å². The molecular formula is C14H12FN3O3. The van der Waals surface area contributed by atoms with E-state index in [0.717, 1.165) is 0 Å². The predicted molar refractivity (Wildman–Crippen MR) is 75.6 cm³/mol. The monoisotopic (exact) mass is 289 g/mol. The molecule has 7 heteroatoms. The summed E-state index contributed by atoms with van der Waals surface area (Å²) in [6.45, 7) is 0. The Morgan fingerprint density at radius 2 is 2.14 bits per heavy atom. The van der Waals surface area contributed by atoms with E-state index in [1.165, 1.54) is 30.0 Å². The summed E-state index contributed by atoms with van der Waals surface area (Å²) in [5.74, 6) is -1.25. The van der Waals surface area contributed by atoms with Crippen LogP contribution in [0.3, 0.4) is 0 Å². The number of hydrogen-bond donors (Lipinski definition) is 1. The van der Waals surface area contributed by atoms with Crippen molar-refractivity contribution in [1.82, 2.24) is 9.55 Å². The van der Waals surface area contributed by atoms with E-state index in [9.17, 15) is 9.18 Å². The van der Waals surface area contributed by atoms with E-state index in [2.05, 4.69) is 4.98 Å². The zero-order chi connectivity index (χ0) is 15.1. The molecule has 3 aromatic rings. The number of methoxy groups -OCH3 is 1. The second-order valence-corrected chi connectivity index (χ2v) is 4.52. The van der Waals surface area contributed by atoms with Crippen LogP contribution in [0.4, 0.5) is 10.1 Å². The van der Waals surface area contributed by atoms with Crippen LogP contribution in [0.2, 0.25) is 0 Å². The fourth-order valence-corrected chi connectivity index (χ4v) is 2.20. The van der Waals surface area contributed by atoms with Gasteiger partial charge in [-0.05, 0) is 18.2 Å². The quantitative estimate of drug-likeness (QED) is 0.729. The molecule has 1 aromatic carbocycles. The number of ether oxygens (including phenoxy) is 1. The van der Waals surface area contributed by atoms with Gasteiger partial charge in [0.05, 0.1) is 12.6 Å². The lowest BCUT2D eigenvalue weighted by atomic mass is 10.0. The molecule has 0 bridgehead atoms. The zero-order valence-corrected chi connectivity index (χ0v) is 11.4. The molecule has 0 unspecified atom stereocenters. The summed E-state index contributed by atoms with van der Waals surface area (Å²) < 4.78 is 25.6. The van der Waals surface area contributed by atoms with Crippen molar-refractivity contribution in [3.8, 4) is 17.0 Å². The normalized spacial score (nSPS) is 11.0. The summed E-state index contributed by atoms with van der Waals surface area (Å²) >= 11 is 0. The Hall–Kier alpha value is -2.83. The van der Waals surface area contributed by atoms with E-state index in [4.69, 9.17) is 14.9 Å². The Bertz CT molecular complexity index is 898. The van der Waals surface area contributed by atoms with Gasteiger partial charge in [0, 0.05) is 30.1 Å². The predicted octanol–water partition coefficient (Wildman–Crippen LogP) is 1.92. The number of benzene rings is 1. The fraction of sp³-hybridized carbons (Fsp3) is 0.143. The molecule has 3 rings (SSSR count). The number of aromatic nitrogens is 2. The van der Waals surface area contributed by atoms with Crippen LogP contribution < -0.4 is 16.2 Å². The van der Waals surface area contributed by atoms with Crippen LogP contribution >= 0.6 is 0 Å². The molecule has 0 saturated heterocycles. The second kappa shape index (κ2) is 4.62. The molecular weight excluding hydrogens is 277 g/mol. The van der Waals surface area contributed by atoms with Crippen LogP contribution in [0.25, 0.3) is 22.2 Å². The summed E-state index contributed by atoms with van der Waals surface area (Å²) in [5.41, 5.74) is 7.82. The SMILES string of the molecule is COc1nccc(-c2cc3oc(=O)n(C)c3cc2N)c1F. The van der Waals surface area contributed by atoms with Gasteiger partial charge < -0.3 is 14.9 Å². The first-order valence-electron chi connectivity index (χ1n) is 6.11. The summed E-state index contributed by atoms with van der Waals surface area (Å²) in [6.07, 6.45) is 1.42. The van der Waals surface area contributed by atoms with Gasteiger partial charge in [0.15, 0.2) is 11.4 Å². The third kappa shape index (κ3) is 1.94. The van der Waals surface area contributed by atoms with Gasteiger partial charge in [-0.3, -0.25) is 4.57 Å². The fourth-order valence-electron chi connectivity index (χ4n) is 2.20. The molecule has 2 heterocycles. The minimum atomic E-state index is -0.621. The summed E-state index contributed by atoms with van der Waals surface area (Å²) in [5, 5.41) is 0. The number of fused-ring (bicyclic) bond motifs is 1. The maximum atomic E-state index is 14.3. The summed E-state index contributed by atoms with van der Waals surface area (Å²) in [6, 6.07) is 4.59. The third-order valence-corrected chi connectivity index (χ3v) is 3.30. The highest BCUT2D eigenvalue weighted by atomic mass is 19.1. The number of pyridine rings is 1. The van der Waals surface area contributed by atoms with Gasteiger partial charge in [-0.25, -0.2) is 14.2 Å². The van der Waals surface area contributed by atoms with Crippen LogP contribution in [0.5, 0.6) is 5.88 Å². The van der Waals surface area contributed by atoms with Crippen LogP contribution in [0.1, 0.15) is 0 Å². The van der Waals surface area contributed by atoms with Gasteiger partial charge in [-0.15, -0.1) is 0 Å². The third-order valence-electron chi connectivity index (χ3n) is 3.30. The van der Waals surface area contributed by atoms with Crippen LogP contribution in [-0.2, 0) is 7.05 Å². The number of halogens is 1. The Balaban J connectivity index is 2.30. The summed E-state index contributed by atoms with van der Waals surface area (Å²) in [7, 11) is 2.90. The van der Waals surface area contributed by atoms with Crippen LogP contribution in [0.15, 0.2) is 33.6 Å². The standard InChI is InChI=1S/C14H12FN3O3/c1-18-10-6-9(16)8(5-11(10)21-14(18)19)7-3-4-17-13(20-2)12(7)15/h3-6H,16H2,1-2H3. The van der Waals surface area contributed by atoms with Crippen LogP contribution in [-0.4, -0.2) is 16.7 Å². The van der Waals surface area contributed by atoms with E-state index in [0.29, 0.717) is 22.4 Å². The number of hydrogen-bond acceptors (Lipinski definition) is 5. The average molecular weight is 289 g/mol. The molecule has 2 aromatic heterocycles. The molecule has 0 spiro atoms. The molecule has 0 aliphatic heterocycles. The van der Waals surface area contributed by atoms with Gasteiger partial charge in [0.1, 0.15) is 0 Å². The van der Waals surface area contributed by atoms with Crippen LogP contribution in [0, 0.1) is 5.82 Å². The number of rotatable bonds is 2. The van der Waals surface area contributed by atoms with Crippen molar-refractivity contribution in [1.29, 1.82) is 0 Å². The molecule has 0 amide bonds. The molecule has 6 nitrogen and oxygen atoms in total. The Labute approximate surface area is 118 Å². The maximum absolute atomic E-state index is 14.3. The van der Waals surface area contributed by atoms with Gasteiger partial charge in [-0.1, -0.05) is 0 Å². The highest BCUT2D eigenvalue weighted by Crippen LogP contribution is 2.33. The molecule has 21 heavy (non-hydrogen) atoms. The lowest BCUT2D eigenvalue weighted by molar-refractivity contribution is 0.370. The minimum absolute atomic E-state index is 0.124. The maximum Gasteiger partial charge on any atom is 0.419 e. The first-order valence-corrected chi connectivity index (χ1v) is 6.11. The number of oxazole rings is 1. The second-order valence-electron chi connectivity index (χ2n) is 4.52. The Morgan fingerprint density at radius 3 is 2.86 bits per heavy atom. The van der Waals surface area contributed by atoms with Crippen molar-refractivity contribution in [2.24, 2.45) is 7.05 Å². The van der Waals surface area contributed by atoms with Crippen molar-refractivity contribution in [2.45, 2.75) is 0 Å². The molecule has 0 atom stereocenters. The van der Waals surface area contributed by atoms with E-state index in [1.807, 2.05) is 0 Å².